The Morgan fingerprint density at radius 2 is 1.96 bits per heavy atom. The third-order valence-corrected chi connectivity index (χ3v) is 5.07. The quantitative estimate of drug-likeness (QED) is 0.689. The summed E-state index contributed by atoms with van der Waals surface area (Å²) in [6.07, 6.45) is 6.17. The van der Waals surface area contributed by atoms with Gasteiger partial charge in [0.15, 0.2) is 0 Å². The molecule has 0 unspecified atom stereocenters. The van der Waals surface area contributed by atoms with Crippen molar-refractivity contribution >= 4 is 41.1 Å². The number of likely N-dealkylation sites (tertiary alicyclic amines) is 1. The summed E-state index contributed by atoms with van der Waals surface area (Å²) in [5.74, 6) is -0.362. The van der Waals surface area contributed by atoms with E-state index >= 15 is 0 Å². The molecule has 142 valence electrons. The zero-order valence-corrected chi connectivity index (χ0v) is 16.2. The van der Waals surface area contributed by atoms with Crippen LogP contribution in [0.3, 0.4) is 0 Å². The largest absolute Gasteiger partial charge is 0.478 e. The topological polar surface area (TPSA) is 65.5 Å². The number of carboxylic acids is 1. The first-order valence-corrected chi connectivity index (χ1v) is 9.55. The van der Waals surface area contributed by atoms with Crippen LogP contribution in [0.15, 0.2) is 42.6 Å². The van der Waals surface area contributed by atoms with E-state index < -0.39 is 5.97 Å². The number of halogens is 2. The summed E-state index contributed by atoms with van der Waals surface area (Å²) >= 11 is 12.2. The van der Waals surface area contributed by atoms with Crippen LogP contribution >= 0.6 is 23.2 Å². The molecule has 1 saturated heterocycles. The van der Waals surface area contributed by atoms with Gasteiger partial charge < -0.3 is 10.4 Å². The lowest BCUT2D eigenvalue weighted by atomic mass is 10.0. The minimum atomic E-state index is -1.00. The molecule has 2 aromatic rings. The van der Waals surface area contributed by atoms with E-state index in [2.05, 4.69) is 27.3 Å². The summed E-state index contributed by atoms with van der Waals surface area (Å²) in [6, 6.07) is 10.0. The fraction of sp³-hybridized carbons (Fsp3) is 0.300. The first-order chi connectivity index (χ1) is 13.0. The van der Waals surface area contributed by atoms with Crippen LogP contribution in [0, 0.1) is 0 Å². The van der Waals surface area contributed by atoms with Gasteiger partial charge in [-0.25, -0.2) is 9.78 Å². The molecular weight excluding hydrogens is 385 g/mol. The lowest BCUT2D eigenvalue weighted by Gasteiger charge is -2.32. The Bertz CT molecular complexity index is 816. The van der Waals surface area contributed by atoms with Crippen LogP contribution in [0.25, 0.3) is 6.08 Å². The highest BCUT2D eigenvalue weighted by Crippen LogP contribution is 2.24. The van der Waals surface area contributed by atoms with Crippen molar-refractivity contribution in [3.8, 4) is 0 Å². The fourth-order valence-corrected chi connectivity index (χ4v) is 3.45. The monoisotopic (exact) mass is 405 g/mol. The number of rotatable bonds is 6. The zero-order chi connectivity index (χ0) is 19.2. The molecular formula is C20H21Cl2N3O2. The Balaban J connectivity index is 1.51. The van der Waals surface area contributed by atoms with Crippen molar-refractivity contribution in [3.63, 3.8) is 0 Å². The van der Waals surface area contributed by atoms with Crippen LogP contribution in [-0.4, -0.2) is 40.1 Å². The maximum Gasteiger partial charge on any atom is 0.328 e. The van der Waals surface area contributed by atoms with Gasteiger partial charge in [-0.15, -0.1) is 0 Å². The molecule has 0 atom stereocenters. The van der Waals surface area contributed by atoms with Crippen molar-refractivity contribution in [2.24, 2.45) is 0 Å². The third-order valence-electron chi connectivity index (χ3n) is 4.53. The summed E-state index contributed by atoms with van der Waals surface area (Å²) in [5, 5.41) is 13.3. The van der Waals surface area contributed by atoms with Crippen LogP contribution in [0.1, 0.15) is 24.0 Å². The number of hydrogen-bond acceptors (Lipinski definition) is 4. The van der Waals surface area contributed by atoms with E-state index in [1.165, 1.54) is 11.6 Å². The van der Waals surface area contributed by atoms with E-state index in [0.29, 0.717) is 22.4 Å². The van der Waals surface area contributed by atoms with Crippen molar-refractivity contribution in [3.05, 3.63) is 63.8 Å². The van der Waals surface area contributed by atoms with Crippen molar-refractivity contribution in [1.82, 2.24) is 9.88 Å². The molecule has 5 nitrogen and oxygen atoms in total. The number of hydrogen-bond donors (Lipinski definition) is 2. The average Bonchev–Trinajstić information content (AvgIpc) is 2.65. The van der Waals surface area contributed by atoms with Crippen molar-refractivity contribution in [2.75, 3.05) is 18.4 Å². The van der Waals surface area contributed by atoms with E-state index in [9.17, 15) is 4.79 Å². The lowest BCUT2D eigenvalue weighted by Crippen LogP contribution is -2.38. The second kappa shape index (κ2) is 9.22. The smallest absolute Gasteiger partial charge is 0.328 e. The highest BCUT2D eigenvalue weighted by molar-refractivity contribution is 6.33. The van der Waals surface area contributed by atoms with E-state index in [0.717, 1.165) is 43.6 Å². The van der Waals surface area contributed by atoms with Gasteiger partial charge in [-0.1, -0.05) is 35.3 Å². The van der Waals surface area contributed by atoms with Crippen LogP contribution in [0.4, 0.5) is 5.82 Å². The van der Waals surface area contributed by atoms with Gasteiger partial charge in [0.05, 0.1) is 5.02 Å². The highest BCUT2D eigenvalue weighted by atomic mass is 35.5. The molecule has 0 spiro atoms. The molecule has 1 aliphatic rings. The molecule has 1 aromatic heterocycles. The van der Waals surface area contributed by atoms with Gasteiger partial charge in [0.1, 0.15) is 5.82 Å². The van der Waals surface area contributed by atoms with E-state index in [1.807, 2.05) is 12.1 Å². The van der Waals surface area contributed by atoms with Gasteiger partial charge in [-0.3, -0.25) is 4.90 Å². The molecule has 2 N–H and O–H groups in total. The van der Waals surface area contributed by atoms with Crippen LogP contribution in [0.2, 0.25) is 10.0 Å². The zero-order valence-electron chi connectivity index (χ0n) is 14.7. The van der Waals surface area contributed by atoms with Gasteiger partial charge in [-0.2, -0.15) is 0 Å². The summed E-state index contributed by atoms with van der Waals surface area (Å²) in [7, 11) is 0. The summed E-state index contributed by atoms with van der Waals surface area (Å²) in [4.78, 5) is 17.3. The molecule has 0 amide bonds. The van der Waals surface area contributed by atoms with Crippen molar-refractivity contribution in [1.29, 1.82) is 0 Å². The number of carbonyl (C=O) groups is 1. The summed E-state index contributed by atoms with van der Waals surface area (Å²) in [5.41, 5.74) is 1.92. The Morgan fingerprint density at radius 1 is 1.26 bits per heavy atom. The number of pyridine rings is 1. The van der Waals surface area contributed by atoms with Gasteiger partial charge in [0.25, 0.3) is 0 Å². The molecule has 3 rings (SSSR count). The molecule has 1 aromatic carbocycles. The second-order valence-corrected chi connectivity index (χ2v) is 7.44. The average molecular weight is 406 g/mol. The van der Waals surface area contributed by atoms with Gasteiger partial charge in [0, 0.05) is 43.0 Å². The predicted molar refractivity (Wildman–Crippen MR) is 109 cm³/mol. The van der Waals surface area contributed by atoms with Crippen LogP contribution in [-0.2, 0) is 11.3 Å². The summed E-state index contributed by atoms with van der Waals surface area (Å²) < 4.78 is 0. The number of anilines is 1. The normalized spacial score (nSPS) is 15.9. The number of piperidine rings is 1. The Morgan fingerprint density at radius 3 is 2.59 bits per heavy atom. The minimum absolute atomic E-state index is 0.317. The number of aliphatic carboxylic acids is 1. The molecule has 2 heterocycles. The Kier molecular flexibility index (Phi) is 6.72. The molecule has 1 fully saturated rings. The minimum Gasteiger partial charge on any atom is -0.478 e. The lowest BCUT2D eigenvalue weighted by molar-refractivity contribution is -0.131. The molecule has 0 aliphatic carbocycles. The standard InChI is InChI=1S/C20H21Cl2N3O2/c21-16-4-1-14(2-5-16)13-25-9-7-17(8-10-25)24-20-18(22)11-15(12-23-20)3-6-19(26)27/h1-6,11-12,17H,7-10,13H2,(H,23,24)(H,26,27)/b6-3+. The number of nitrogens with one attached hydrogen (secondary N) is 1. The first kappa shape index (κ1) is 19.7. The highest BCUT2D eigenvalue weighted by Gasteiger charge is 2.20. The number of benzene rings is 1. The summed E-state index contributed by atoms with van der Waals surface area (Å²) in [6.45, 7) is 2.92. The van der Waals surface area contributed by atoms with Gasteiger partial charge >= 0.3 is 5.97 Å². The maximum atomic E-state index is 10.6. The van der Waals surface area contributed by atoms with E-state index in [-0.39, 0.29) is 0 Å². The van der Waals surface area contributed by atoms with E-state index in [4.69, 9.17) is 28.3 Å². The molecule has 0 radical (unpaired) electrons. The van der Waals surface area contributed by atoms with Gasteiger partial charge in [0.2, 0.25) is 0 Å². The fourth-order valence-electron chi connectivity index (χ4n) is 3.09. The van der Waals surface area contributed by atoms with Crippen LogP contribution in [0.5, 0.6) is 0 Å². The number of aromatic nitrogens is 1. The Hall–Kier alpha value is -2.08. The maximum absolute atomic E-state index is 10.6. The Labute approximate surface area is 168 Å². The predicted octanol–water partition coefficient (Wildman–Crippen LogP) is 4.56. The number of nitrogens with zero attached hydrogens (tertiary/aromatic N) is 2. The van der Waals surface area contributed by atoms with E-state index in [1.54, 1.807) is 12.3 Å². The third kappa shape index (κ3) is 5.96. The molecule has 0 bridgehead atoms. The molecule has 27 heavy (non-hydrogen) atoms. The van der Waals surface area contributed by atoms with Crippen LogP contribution < -0.4 is 5.32 Å². The SMILES string of the molecule is O=C(O)/C=C/c1cnc(NC2CCN(Cc3ccc(Cl)cc3)CC2)c(Cl)c1. The second-order valence-electron chi connectivity index (χ2n) is 6.59. The van der Waals surface area contributed by atoms with Gasteiger partial charge in [-0.05, 0) is 48.2 Å². The molecule has 7 heteroatoms. The van der Waals surface area contributed by atoms with Crippen molar-refractivity contribution in [2.45, 2.75) is 25.4 Å². The van der Waals surface area contributed by atoms with Crippen molar-refractivity contribution < 1.29 is 9.90 Å². The number of carboxylic acid groups (broad SMARTS) is 1. The molecule has 0 saturated carbocycles. The molecule has 1 aliphatic heterocycles. The first-order valence-electron chi connectivity index (χ1n) is 8.79.